The number of hydrogen-bond donors (Lipinski definition) is 0. The second-order valence-corrected chi connectivity index (χ2v) is 16.9. The van der Waals surface area contributed by atoms with Crippen LogP contribution in [0, 0.1) is 0 Å². The van der Waals surface area contributed by atoms with E-state index in [4.69, 9.17) is 0 Å². The van der Waals surface area contributed by atoms with Crippen LogP contribution in [0.4, 0.5) is 0 Å². The summed E-state index contributed by atoms with van der Waals surface area (Å²) >= 11 is 0. The number of fused-ring (bicyclic) bond motifs is 13. The summed E-state index contributed by atoms with van der Waals surface area (Å²) in [6.07, 6.45) is 0. The van der Waals surface area contributed by atoms with Crippen molar-refractivity contribution >= 4 is 87.2 Å². The fourth-order valence-corrected chi connectivity index (χ4v) is 10.9. The van der Waals surface area contributed by atoms with Crippen LogP contribution in [0.15, 0.2) is 231 Å². The summed E-state index contributed by atoms with van der Waals surface area (Å²) in [5.41, 5.74) is 16.4. The molecule has 0 fully saturated rings. The van der Waals surface area contributed by atoms with Crippen LogP contribution in [0.5, 0.6) is 0 Å². The Morgan fingerprint density at radius 1 is 0.203 bits per heavy atom. The van der Waals surface area contributed by atoms with E-state index in [0.717, 1.165) is 33.9 Å². The molecule has 0 saturated heterocycles. The molecule has 0 aliphatic heterocycles. The molecule has 10 aromatic carbocycles. The Morgan fingerprint density at radius 3 is 1.14 bits per heavy atom. The smallest absolute Gasteiger partial charge is 0.0789 e. The predicted octanol–water partition coefficient (Wildman–Crippen LogP) is 15.7. The molecule has 0 spiro atoms. The van der Waals surface area contributed by atoms with Gasteiger partial charge in [-0.1, -0.05) is 158 Å². The van der Waals surface area contributed by atoms with Crippen LogP contribution < -0.4 is 0 Å². The van der Waals surface area contributed by atoms with Crippen molar-refractivity contribution in [3.63, 3.8) is 0 Å². The molecule has 0 unspecified atom stereocenters. The van der Waals surface area contributed by atoms with Crippen molar-refractivity contribution in [2.24, 2.45) is 0 Å². The van der Waals surface area contributed by atoms with Gasteiger partial charge in [0.1, 0.15) is 0 Å². The van der Waals surface area contributed by atoms with Gasteiger partial charge in [0, 0.05) is 65.6 Å². The van der Waals surface area contributed by atoms with E-state index in [1.54, 1.807) is 0 Å². The molecule has 0 N–H and O–H groups in total. The maximum absolute atomic E-state index is 2.53. The Labute approximate surface area is 368 Å². The van der Waals surface area contributed by atoms with Gasteiger partial charge in [-0.3, -0.25) is 0 Å². The summed E-state index contributed by atoms with van der Waals surface area (Å²) < 4.78 is 9.88. The molecule has 64 heavy (non-hydrogen) atoms. The summed E-state index contributed by atoms with van der Waals surface area (Å²) in [4.78, 5) is 0. The molecule has 0 bridgehead atoms. The van der Waals surface area contributed by atoms with Crippen LogP contribution in [0.25, 0.3) is 121 Å². The van der Waals surface area contributed by atoms with E-state index in [1.165, 1.54) is 87.2 Å². The van der Waals surface area contributed by atoms with Gasteiger partial charge in [-0.2, -0.15) is 0 Å². The Morgan fingerprint density at radius 2 is 0.578 bits per heavy atom. The van der Waals surface area contributed by atoms with Crippen LogP contribution in [0.2, 0.25) is 0 Å². The normalized spacial score (nSPS) is 12.1. The van der Waals surface area contributed by atoms with Gasteiger partial charge in [0.2, 0.25) is 0 Å². The number of rotatable bonds is 5. The minimum Gasteiger partial charge on any atom is -0.309 e. The minimum atomic E-state index is 1.13. The van der Waals surface area contributed by atoms with Gasteiger partial charge < -0.3 is 18.3 Å². The molecule has 0 amide bonds. The third kappa shape index (κ3) is 4.82. The lowest BCUT2D eigenvalue weighted by molar-refractivity contribution is 1.14. The van der Waals surface area contributed by atoms with E-state index in [0.29, 0.717) is 0 Å². The van der Waals surface area contributed by atoms with E-state index in [2.05, 4.69) is 249 Å². The lowest BCUT2D eigenvalue weighted by Gasteiger charge is -2.19. The number of hydrogen-bond acceptors (Lipinski definition) is 0. The van der Waals surface area contributed by atoms with Crippen molar-refractivity contribution in [2.45, 2.75) is 0 Å². The van der Waals surface area contributed by atoms with E-state index in [9.17, 15) is 0 Å². The van der Waals surface area contributed by atoms with E-state index in [1.807, 2.05) is 0 Å². The first-order chi connectivity index (χ1) is 31.8. The average molecular weight is 815 g/mol. The highest BCUT2D eigenvalue weighted by Gasteiger charge is 2.24. The third-order valence-corrected chi connectivity index (χ3v) is 13.6. The van der Waals surface area contributed by atoms with Crippen molar-refractivity contribution in [3.05, 3.63) is 231 Å². The van der Waals surface area contributed by atoms with E-state index < -0.39 is 0 Å². The van der Waals surface area contributed by atoms with Gasteiger partial charge in [0.25, 0.3) is 0 Å². The number of benzene rings is 10. The first-order valence-electron chi connectivity index (χ1n) is 22.0. The fourth-order valence-electron chi connectivity index (χ4n) is 10.9. The van der Waals surface area contributed by atoms with Crippen LogP contribution in [-0.4, -0.2) is 18.3 Å². The van der Waals surface area contributed by atoms with Gasteiger partial charge in [0.15, 0.2) is 0 Å². The van der Waals surface area contributed by atoms with Crippen molar-refractivity contribution < 1.29 is 0 Å². The molecule has 0 aliphatic carbocycles. The Hall–Kier alpha value is -8.60. The molecule has 4 heterocycles. The Bertz CT molecular complexity index is 4140. The summed E-state index contributed by atoms with van der Waals surface area (Å²) in [5, 5.41) is 9.91. The second kappa shape index (κ2) is 13.4. The summed E-state index contributed by atoms with van der Waals surface area (Å²) in [6.45, 7) is 0. The van der Waals surface area contributed by atoms with E-state index >= 15 is 0 Å². The summed E-state index contributed by atoms with van der Waals surface area (Å²) in [5.74, 6) is 0. The number of aromatic nitrogens is 4. The first-order valence-corrected chi connectivity index (χ1v) is 22.0. The van der Waals surface area contributed by atoms with Crippen molar-refractivity contribution in [2.75, 3.05) is 0 Å². The largest absolute Gasteiger partial charge is 0.309 e. The first kappa shape index (κ1) is 35.0. The monoisotopic (exact) mass is 814 g/mol. The third-order valence-electron chi connectivity index (χ3n) is 13.6. The molecule has 0 aliphatic rings. The van der Waals surface area contributed by atoms with Gasteiger partial charge in [0.05, 0.1) is 55.5 Å². The summed E-state index contributed by atoms with van der Waals surface area (Å²) in [7, 11) is 0. The van der Waals surface area contributed by atoms with Gasteiger partial charge in [-0.15, -0.1) is 0 Å². The molecular weight excluding hydrogens is 777 g/mol. The molecule has 4 aromatic heterocycles. The lowest BCUT2D eigenvalue weighted by Crippen LogP contribution is -2.02. The zero-order valence-corrected chi connectivity index (χ0v) is 34.7. The van der Waals surface area contributed by atoms with Crippen LogP contribution in [0.1, 0.15) is 0 Å². The fraction of sp³-hybridized carbons (Fsp3) is 0. The van der Waals surface area contributed by atoms with Crippen LogP contribution in [-0.2, 0) is 0 Å². The Kier molecular flexibility index (Phi) is 7.36. The van der Waals surface area contributed by atoms with Crippen molar-refractivity contribution in [1.82, 2.24) is 18.3 Å². The van der Waals surface area contributed by atoms with Gasteiger partial charge in [-0.25, -0.2) is 0 Å². The molecule has 4 nitrogen and oxygen atoms in total. The minimum absolute atomic E-state index is 1.13. The molecule has 14 rings (SSSR count). The molecular formula is C60H38N4. The van der Waals surface area contributed by atoms with Crippen LogP contribution in [0.3, 0.4) is 0 Å². The molecule has 0 atom stereocenters. The van der Waals surface area contributed by atoms with Gasteiger partial charge >= 0.3 is 0 Å². The summed E-state index contributed by atoms with van der Waals surface area (Å²) in [6, 6.07) is 84.5. The quantitative estimate of drug-likeness (QED) is 0.165. The molecule has 0 radical (unpaired) electrons. The topological polar surface area (TPSA) is 19.7 Å². The standard InChI is InChI=1S/C60H38N4/c1-2-18-39(19-3-1)62-53-29-13-8-24-45(53)48-35-36-49-46-25-9-17-33-57(46)64(60(49)59(48)62)56-32-16-7-23-44(56)43-22-6-14-30-54(43)63-55-31-15-10-26-47(55)50-38-40(34-37-58(50)63)61-51-27-11-4-20-41(51)42-21-5-12-28-52(42)61/h1-38H. The molecule has 4 heteroatoms. The zero-order chi connectivity index (χ0) is 41.9. The molecule has 298 valence electrons. The lowest BCUT2D eigenvalue weighted by atomic mass is 10.0. The highest BCUT2D eigenvalue weighted by atomic mass is 15.1. The highest BCUT2D eigenvalue weighted by Crippen LogP contribution is 2.45. The predicted molar refractivity (Wildman–Crippen MR) is 269 cm³/mol. The van der Waals surface area contributed by atoms with Crippen molar-refractivity contribution in [1.29, 1.82) is 0 Å². The highest BCUT2D eigenvalue weighted by molar-refractivity contribution is 6.24. The second-order valence-electron chi connectivity index (χ2n) is 16.9. The number of para-hydroxylation sites is 8. The zero-order valence-electron chi connectivity index (χ0n) is 34.7. The van der Waals surface area contributed by atoms with Crippen LogP contribution >= 0.6 is 0 Å². The maximum Gasteiger partial charge on any atom is 0.0789 e. The van der Waals surface area contributed by atoms with Crippen molar-refractivity contribution in [3.8, 4) is 33.9 Å². The van der Waals surface area contributed by atoms with Gasteiger partial charge in [-0.05, 0) is 72.8 Å². The molecule has 14 aromatic rings. The number of nitrogens with zero attached hydrogens (tertiary/aromatic N) is 4. The maximum atomic E-state index is 2.53. The Balaban J connectivity index is 1.04. The average Bonchev–Trinajstić information content (AvgIpc) is 4.09. The SMILES string of the molecule is c1ccc(-n2c3ccccc3c3ccc4c5ccccc5n(-c5ccccc5-c5ccccc5-n5c6ccccc6c6cc(-n7c8ccccc8c8ccccc87)ccc65)c4c32)cc1. The molecule has 0 saturated carbocycles. The van der Waals surface area contributed by atoms with E-state index in [-0.39, 0.29) is 0 Å².